The Bertz CT molecular complexity index is 1160. The van der Waals surface area contributed by atoms with Crippen LogP contribution in [-0.2, 0) is 20.0 Å². The van der Waals surface area contributed by atoms with Crippen LogP contribution in [-0.4, -0.2) is 53.9 Å². The molecular formula is C24H28N6O2. The van der Waals surface area contributed by atoms with E-state index in [1.54, 1.807) is 17.1 Å². The number of amides is 2. The van der Waals surface area contributed by atoms with Crippen molar-refractivity contribution in [1.29, 1.82) is 0 Å². The molecule has 1 aromatic carbocycles. The molecule has 0 spiro atoms. The second kappa shape index (κ2) is 7.93. The van der Waals surface area contributed by atoms with Gasteiger partial charge in [-0.1, -0.05) is 30.3 Å². The lowest BCUT2D eigenvalue weighted by Gasteiger charge is -2.27. The van der Waals surface area contributed by atoms with Gasteiger partial charge in [-0.2, -0.15) is 0 Å². The lowest BCUT2D eigenvalue weighted by Crippen LogP contribution is -2.42. The van der Waals surface area contributed by atoms with Crippen LogP contribution in [0.2, 0.25) is 0 Å². The van der Waals surface area contributed by atoms with Gasteiger partial charge in [-0.3, -0.25) is 9.59 Å². The third kappa shape index (κ3) is 3.49. The minimum atomic E-state index is -0.161. The molecule has 2 amide bonds. The second-order valence-corrected chi connectivity index (χ2v) is 9.06. The van der Waals surface area contributed by atoms with Crippen LogP contribution in [0, 0.1) is 0 Å². The predicted octanol–water partition coefficient (Wildman–Crippen LogP) is 2.65. The average molecular weight is 433 g/mol. The number of fused-ring (bicyclic) bond motifs is 3. The van der Waals surface area contributed by atoms with Gasteiger partial charge in [-0.25, -0.2) is 9.97 Å². The topological polar surface area (TPSA) is 85.0 Å². The summed E-state index contributed by atoms with van der Waals surface area (Å²) in [5, 5.41) is 2.99. The Hall–Kier alpha value is -3.42. The first-order valence-corrected chi connectivity index (χ1v) is 11.2. The molecule has 4 heterocycles. The Kier molecular flexibility index (Phi) is 5.07. The minimum absolute atomic E-state index is 0.0180. The maximum atomic E-state index is 13.4. The lowest BCUT2D eigenvalue weighted by atomic mass is 10.0. The quantitative estimate of drug-likeness (QED) is 0.687. The van der Waals surface area contributed by atoms with E-state index >= 15 is 0 Å². The van der Waals surface area contributed by atoms with E-state index in [0.29, 0.717) is 24.4 Å². The molecule has 0 aliphatic carbocycles. The molecule has 5 rings (SSSR count). The van der Waals surface area contributed by atoms with Crippen LogP contribution in [0.3, 0.4) is 0 Å². The Balaban J connectivity index is 1.57. The van der Waals surface area contributed by atoms with E-state index in [4.69, 9.17) is 4.98 Å². The second-order valence-electron chi connectivity index (χ2n) is 9.06. The number of carbonyl (C=O) groups is 2. The fraction of sp³-hybridized carbons (Fsp3) is 0.417. The summed E-state index contributed by atoms with van der Waals surface area (Å²) in [6, 6.07) is 10.0. The highest BCUT2D eigenvalue weighted by atomic mass is 16.2. The molecule has 8 nitrogen and oxygen atoms in total. The van der Waals surface area contributed by atoms with Crippen molar-refractivity contribution in [2.75, 3.05) is 0 Å². The Labute approximate surface area is 187 Å². The van der Waals surface area contributed by atoms with Gasteiger partial charge in [0.2, 0.25) is 0 Å². The number of nitrogens with one attached hydrogen (secondary N) is 1. The van der Waals surface area contributed by atoms with E-state index in [9.17, 15) is 9.59 Å². The van der Waals surface area contributed by atoms with Crippen molar-refractivity contribution >= 4 is 11.8 Å². The molecule has 2 aliphatic heterocycles. The van der Waals surface area contributed by atoms with Gasteiger partial charge in [0, 0.05) is 43.9 Å². The zero-order chi connectivity index (χ0) is 22.4. The molecule has 1 N–H and O–H groups in total. The van der Waals surface area contributed by atoms with Gasteiger partial charge in [0.05, 0.1) is 18.1 Å². The number of nitrogens with zero attached hydrogens (tertiary/aromatic N) is 5. The number of imidazole rings is 2. The van der Waals surface area contributed by atoms with Crippen molar-refractivity contribution in [3.63, 3.8) is 0 Å². The molecule has 3 aromatic rings. The zero-order valence-electron chi connectivity index (χ0n) is 18.7. The first kappa shape index (κ1) is 20.5. The van der Waals surface area contributed by atoms with Gasteiger partial charge >= 0.3 is 0 Å². The minimum Gasteiger partial charge on any atom is -0.348 e. The van der Waals surface area contributed by atoms with E-state index in [1.807, 2.05) is 56.1 Å². The highest BCUT2D eigenvalue weighted by Gasteiger charge is 2.43. The summed E-state index contributed by atoms with van der Waals surface area (Å²) in [5.41, 5.74) is 2.82. The largest absolute Gasteiger partial charge is 0.348 e. The van der Waals surface area contributed by atoms with Gasteiger partial charge in [0.1, 0.15) is 17.2 Å². The van der Waals surface area contributed by atoms with Crippen molar-refractivity contribution in [3.05, 3.63) is 59.9 Å². The number of hydrogen-bond donors (Lipinski definition) is 1. The van der Waals surface area contributed by atoms with Crippen LogP contribution in [0.5, 0.6) is 0 Å². The highest BCUT2D eigenvalue weighted by molar-refractivity contribution is 5.95. The van der Waals surface area contributed by atoms with Crippen molar-refractivity contribution in [2.24, 2.45) is 7.05 Å². The summed E-state index contributed by atoms with van der Waals surface area (Å²) in [7, 11) is 1.87. The lowest BCUT2D eigenvalue weighted by molar-refractivity contribution is 0.0660. The van der Waals surface area contributed by atoms with E-state index in [0.717, 1.165) is 29.9 Å². The van der Waals surface area contributed by atoms with Crippen LogP contribution in [0.4, 0.5) is 0 Å². The number of benzene rings is 1. The summed E-state index contributed by atoms with van der Waals surface area (Å²) in [6.07, 6.45) is 5.88. The molecular weight excluding hydrogens is 404 g/mol. The smallest absolute Gasteiger partial charge is 0.274 e. The highest BCUT2D eigenvalue weighted by Crippen LogP contribution is 2.36. The van der Waals surface area contributed by atoms with Crippen LogP contribution < -0.4 is 5.32 Å². The molecule has 8 heteroatoms. The normalized spacial score (nSPS) is 19.7. The number of hydrogen-bond acceptors (Lipinski definition) is 4. The van der Waals surface area contributed by atoms with Crippen LogP contribution in [0.25, 0.3) is 11.4 Å². The van der Waals surface area contributed by atoms with Crippen LogP contribution in [0.15, 0.2) is 42.9 Å². The van der Waals surface area contributed by atoms with Gasteiger partial charge in [0.15, 0.2) is 0 Å². The third-order valence-corrected chi connectivity index (χ3v) is 6.34. The molecule has 166 valence electrons. The monoisotopic (exact) mass is 432 g/mol. The van der Waals surface area contributed by atoms with E-state index in [1.165, 1.54) is 0 Å². The maximum absolute atomic E-state index is 13.4. The molecule has 1 fully saturated rings. The fourth-order valence-electron chi connectivity index (χ4n) is 4.97. The number of aryl methyl sites for hydroxylation is 1. The summed E-state index contributed by atoms with van der Waals surface area (Å²) in [6.45, 7) is 4.51. The van der Waals surface area contributed by atoms with Crippen LogP contribution in [0.1, 0.15) is 53.4 Å². The molecule has 2 atom stereocenters. The first-order valence-electron chi connectivity index (χ1n) is 11.2. The summed E-state index contributed by atoms with van der Waals surface area (Å²) < 4.78 is 3.95. The van der Waals surface area contributed by atoms with Crippen molar-refractivity contribution in [3.8, 4) is 11.4 Å². The summed E-state index contributed by atoms with van der Waals surface area (Å²) in [4.78, 5) is 37.5. The molecule has 2 bridgehead atoms. The Morgan fingerprint density at radius 1 is 1.12 bits per heavy atom. The van der Waals surface area contributed by atoms with E-state index in [-0.39, 0.29) is 29.9 Å². The van der Waals surface area contributed by atoms with Gasteiger partial charge in [-0.05, 0) is 26.7 Å². The van der Waals surface area contributed by atoms with Gasteiger partial charge < -0.3 is 19.4 Å². The SMILES string of the molecule is CC(C)NC(=O)c1nc(-c2ccccc2)n2c1C[C@@H]1CC[C@H](C2)N1C(=O)c1cn(C)cn1. The summed E-state index contributed by atoms with van der Waals surface area (Å²) in [5.74, 6) is 0.588. The van der Waals surface area contributed by atoms with Crippen LogP contribution >= 0.6 is 0 Å². The molecule has 32 heavy (non-hydrogen) atoms. The molecule has 2 aromatic heterocycles. The maximum Gasteiger partial charge on any atom is 0.274 e. The van der Waals surface area contributed by atoms with Crippen molar-refractivity contribution < 1.29 is 9.59 Å². The first-order chi connectivity index (χ1) is 15.4. The number of rotatable bonds is 4. The fourth-order valence-corrected chi connectivity index (χ4v) is 4.97. The molecule has 0 unspecified atom stereocenters. The molecule has 0 radical (unpaired) electrons. The molecule has 2 aliphatic rings. The Morgan fingerprint density at radius 3 is 2.56 bits per heavy atom. The number of aromatic nitrogens is 4. The standard InChI is InChI=1S/C24H28N6O2/c1-15(2)26-23(31)21-20-11-17-9-10-18(30(17)24(32)19-13-28(3)14-25-19)12-29(20)22(27-21)16-7-5-4-6-8-16/h4-8,13-15,17-18H,9-12H2,1-3H3,(H,26,31)/t17-,18+/m0/s1. The van der Waals surface area contributed by atoms with Gasteiger partial charge in [0.25, 0.3) is 11.8 Å². The van der Waals surface area contributed by atoms with Crippen molar-refractivity contribution in [2.45, 2.75) is 57.8 Å². The summed E-state index contributed by atoms with van der Waals surface area (Å²) >= 11 is 0. The zero-order valence-corrected chi connectivity index (χ0v) is 18.7. The average Bonchev–Trinajstić information content (AvgIpc) is 3.43. The molecule has 1 saturated heterocycles. The van der Waals surface area contributed by atoms with E-state index in [2.05, 4.69) is 14.9 Å². The Morgan fingerprint density at radius 2 is 1.88 bits per heavy atom. The van der Waals surface area contributed by atoms with Gasteiger partial charge in [-0.15, -0.1) is 0 Å². The third-order valence-electron chi connectivity index (χ3n) is 6.34. The van der Waals surface area contributed by atoms with E-state index < -0.39 is 0 Å². The predicted molar refractivity (Wildman–Crippen MR) is 120 cm³/mol. The number of carbonyl (C=O) groups excluding carboxylic acids is 2. The molecule has 0 saturated carbocycles. The van der Waals surface area contributed by atoms with Crippen molar-refractivity contribution in [1.82, 2.24) is 29.3 Å².